The second-order valence-corrected chi connectivity index (χ2v) is 8.85. The van der Waals surface area contributed by atoms with Crippen molar-refractivity contribution in [1.82, 2.24) is 20.1 Å². The lowest BCUT2D eigenvalue weighted by molar-refractivity contribution is 0.0133. The lowest BCUT2D eigenvalue weighted by Gasteiger charge is -2.31. The fourth-order valence-electron chi connectivity index (χ4n) is 3.92. The molecule has 3 heterocycles. The van der Waals surface area contributed by atoms with Crippen LogP contribution in [0.15, 0.2) is 24.4 Å². The van der Waals surface area contributed by atoms with Crippen molar-refractivity contribution in [3.8, 4) is 0 Å². The molecule has 166 valence electrons. The van der Waals surface area contributed by atoms with E-state index in [2.05, 4.69) is 15.2 Å². The minimum atomic E-state index is -0.609. The summed E-state index contributed by atoms with van der Waals surface area (Å²) in [5.41, 5.74) is -0.609. The van der Waals surface area contributed by atoms with E-state index < -0.39 is 11.7 Å². The topological polar surface area (TPSA) is 98.2 Å². The Labute approximate surface area is 178 Å². The van der Waals surface area contributed by atoms with Crippen LogP contribution < -0.4 is 10.2 Å². The van der Waals surface area contributed by atoms with Crippen molar-refractivity contribution in [2.45, 2.75) is 51.3 Å². The van der Waals surface area contributed by atoms with Gasteiger partial charge >= 0.3 is 12.1 Å². The molecule has 9 nitrogen and oxygen atoms in total. The van der Waals surface area contributed by atoms with Crippen LogP contribution in [0.4, 0.5) is 15.4 Å². The van der Waals surface area contributed by atoms with Gasteiger partial charge in [-0.1, -0.05) is 6.07 Å². The molecule has 2 atom stereocenters. The first-order valence-corrected chi connectivity index (χ1v) is 10.6. The van der Waals surface area contributed by atoms with E-state index in [1.807, 2.05) is 39.0 Å². The molecule has 2 aliphatic heterocycles. The van der Waals surface area contributed by atoms with Gasteiger partial charge in [-0.25, -0.2) is 14.6 Å². The molecule has 2 saturated heterocycles. The first kappa shape index (κ1) is 22.1. The number of aliphatic hydroxyl groups is 1. The van der Waals surface area contributed by atoms with Crippen molar-refractivity contribution in [2.75, 3.05) is 44.2 Å². The molecule has 9 heteroatoms. The molecule has 0 bridgehead atoms. The molecule has 0 radical (unpaired) electrons. The average Bonchev–Trinajstić information content (AvgIpc) is 3.35. The number of anilines is 1. The molecule has 2 unspecified atom stereocenters. The second-order valence-electron chi connectivity index (χ2n) is 8.85. The fourth-order valence-corrected chi connectivity index (χ4v) is 3.92. The molecule has 30 heavy (non-hydrogen) atoms. The summed E-state index contributed by atoms with van der Waals surface area (Å²) in [4.78, 5) is 35.1. The van der Waals surface area contributed by atoms with Crippen LogP contribution in [0.3, 0.4) is 0 Å². The molecule has 3 amide bonds. The number of pyridine rings is 1. The maximum atomic E-state index is 12.8. The number of ether oxygens (including phenoxy) is 1. The van der Waals surface area contributed by atoms with Gasteiger partial charge in [-0.15, -0.1) is 0 Å². The zero-order chi connectivity index (χ0) is 21.7. The van der Waals surface area contributed by atoms with Crippen LogP contribution in [-0.4, -0.2) is 89.0 Å². The normalized spacial score (nSPS) is 21.6. The molecule has 0 aromatic carbocycles. The summed E-state index contributed by atoms with van der Waals surface area (Å²) in [6.45, 7) is 8.07. The fraction of sp³-hybridized carbons (Fsp3) is 0.667. The number of rotatable bonds is 5. The Morgan fingerprint density at radius 2 is 2.07 bits per heavy atom. The van der Waals surface area contributed by atoms with Gasteiger partial charge in [0.2, 0.25) is 0 Å². The van der Waals surface area contributed by atoms with Gasteiger partial charge in [0, 0.05) is 45.0 Å². The highest BCUT2D eigenvalue weighted by atomic mass is 16.6. The summed E-state index contributed by atoms with van der Waals surface area (Å²) in [7, 11) is 0. The van der Waals surface area contributed by atoms with Crippen LogP contribution in [0.5, 0.6) is 0 Å². The summed E-state index contributed by atoms with van der Waals surface area (Å²) < 4.78 is 5.47. The van der Waals surface area contributed by atoms with Crippen molar-refractivity contribution in [1.29, 1.82) is 0 Å². The number of amides is 3. The Kier molecular flexibility index (Phi) is 7.02. The van der Waals surface area contributed by atoms with Gasteiger partial charge in [-0.2, -0.15) is 0 Å². The maximum Gasteiger partial charge on any atom is 0.410 e. The summed E-state index contributed by atoms with van der Waals surface area (Å²) in [5.74, 6) is 0.924. The third-order valence-electron chi connectivity index (χ3n) is 5.35. The molecule has 0 spiro atoms. The highest BCUT2D eigenvalue weighted by molar-refractivity contribution is 5.75. The molecule has 2 fully saturated rings. The Morgan fingerprint density at radius 3 is 2.73 bits per heavy atom. The molecule has 3 rings (SSSR count). The molecule has 0 saturated carbocycles. The maximum absolute atomic E-state index is 12.8. The number of urea groups is 1. The molecular weight excluding hydrogens is 386 g/mol. The van der Waals surface area contributed by atoms with E-state index in [1.54, 1.807) is 11.1 Å². The number of carbonyl (C=O) groups excluding carboxylic acids is 2. The van der Waals surface area contributed by atoms with Crippen molar-refractivity contribution in [3.63, 3.8) is 0 Å². The van der Waals surface area contributed by atoms with Crippen molar-refractivity contribution >= 4 is 17.9 Å². The van der Waals surface area contributed by atoms with Crippen LogP contribution in [0.1, 0.15) is 33.6 Å². The predicted octanol–water partition coefficient (Wildman–Crippen LogP) is 1.67. The number of nitrogens with zero attached hydrogens (tertiary/aromatic N) is 4. The van der Waals surface area contributed by atoms with Gasteiger partial charge < -0.3 is 29.9 Å². The molecule has 2 aliphatic rings. The van der Waals surface area contributed by atoms with Crippen LogP contribution in [-0.2, 0) is 4.74 Å². The number of carbonyl (C=O) groups is 2. The van der Waals surface area contributed by atoms with Gasteiger partial charge in [0.05, 0.1) is 12.6 Å². The Hall–Kier alpha value is -2.55. The molecule has 0 aliphatic carbocycles. The zero-order valence-electron chi connectivity index (χ0n) is 18.1. The first-order valence-electron chi connectivity index (χ1n) is 10.6. The Balaban J connectivity index is 1.51. The number of aromatic nitrogens is 1. The average molecular weight is 420 g/mol. The predicted molar refractivity (Wildman–Crippen MR) is 113 cm³/mol. The number of likely N-dealkylation sites (tertiary alicyclic amines) is 1. The summed E-state index contributed by atoms with van der Waals surface area (Å²) in [6.07, 6.45) is 2.85. The van der Waals surface area contributed by atoms with E-state index in [-0.39, 0.29) is 31.3 Å². The van der Waals surface area contributed by atoms with Crippen molar-refractivity contribution in [3.05, 3.63) is 24.4 Å². The third kappa shape index (κ3) is 5.75. The number of hydrogen-bond donors (Lipinski definition) is 2. The van der Waals surface area contributed by atoms with Gasteiger partial charge in [0.15, 0.2) is 0 Å². The highest BCUT2D eigenvalue weighted by Gasteiger charge is 2.36. The smallest absolute Gasteiger partial charge is 0.410 e. The van der Waals surface area contributed by atoms with E-state index in [9.17, 15) is 14.7 Å². The number of nitrogens with one attached hydrogen (secondary N) is 1. The third-order valence-corrected chi connectivity index (χ3v) is 5.35. The van der Waals surface area contributed by atoms with Gasteiger partial charge in [-0.3, -0.25) is 0 Å². The lowest BCUT2D eigenvalue weighted by atomic mass is 10.2. The number of aliphatic hydroxyl groups excluding tert-OH is 1. The zero-order valence-corrected chi connectivity index (χ0v) is 18.1. The van der Waals surface area contributed by atoms with Crippen LogP contribution in [0.2, 0.25) is 0 Å². The highest BCUT2D eigenvalue weighted by Crippen LogP contribution is 2.21. The van der Waals surface area contributed by atoms with Crippen molar-refractivity contribution in [2.24, 2.45) is 0 Å². The summed E-state index contributed by atoms with van der Waals surface area (Å²) in [6, 6.07) is 5.62. The van der Waals surface area contributed by atoms with E-state index >= 15 is 0 Å². The molecular formula is C21H33N5O4. The van der Waals surface area contributed by atoms with Gasteiger partial charge in [-0.05, 0) is 45.7 Å². The summed E-state index contributed by atoms with van der Waals surface area (Å²) >= 11 is 0. The van der Waals surface area contributed by atoms with Crippen molar-refractivity contribution < 1.29 is 19.4 Å². The minimum Gasteiger partial charge on any atom is -0.444 e. The molecule has 1 aromatic rings. The SMILES string of the molecule is CC(C)(C)OC(=O)N(CCO)C1CCN(C(=O)NC2CCN(c3ccccn3)C2)C1. The molecule has 2 N–H and O–H groups in total. The standard InChI is InChI=1S/C21H33N5O4/c1-21(2,3)30-20(29)26(12-13-27)17-8-11-25(15-17)19(28)23-16-7-10-24(14-16)18-6-4-5-9-22-18/h4-6,9,16-17,27H,7-8,10-15H2,1-3H3,(H,23,28). The van der Waals surface area contributed by atoms with Crippen LogP contribution in [0.25, 0.3) is 0 Å². The minimum absolute atomic E-state index is 0.0676. The van der Waals surface area contributed by atoms with Gasteiger partial charge in [0.1, 0.15) is 11.4 Å². The monoisotopic (exact) mass is 419 g/mol. The summed E-state index contributed by atoms with van der Waals surface area (Å²) in [5, 5.41) is 12.5. The molecule has 1 aromatic heterocycles. The Bertz CT molecular complexity index is 724. The first-order chi connectivity index (χ1) is 14.3. The lowest BCUT2D eigenvalue weighted by Crippen LogP contribution is -2.48. The van der Waals surface area contributed by atoms with E-state index in [4.69, 9.17) is 4.74 Å². The largest absolute Gasteiger partial charge is 0.444 e. The van der Waals surface area contributed by atoms with Crippen LogP contribution >= 0.6 is 0 Å². The second kappa shape index (κ2) is 9.51. The van der Waals surface area contributed by atoms with E-state index in [1.165, 1.54) is 4.90 Å². The Morgan fingerprint density at radius 1 is 1.27 bits per heavy atom. The van der Waals surface area contributed by atoms with E-state index in [0.717, 1.165) is 25.3 Å². The van der Waals surface area contributed by atoms with E-state index in [0.29, 0.717) is 19.5 Å². The van der Waals surface area contributed by atoms with Gasteiger partial charge in [0.25, 0.3) is 0 Å². The quantitative estimate of drug-likeness (QED) is 0.754. The number of hydrogen-bond acceptors (Lipinski definition) is 6. The van der Waals surface area contributed by atoms with Crippen LogP contribution in [0, 0.1) is 0 Å².